The standard InChI is InChI=1S/C23H19NO4.C2H7N/c25-23(26)21-22(28-15-17-10-5-2-6-11-17)20-18(24-21)12-7-13-19(20)27-14-16-8-3-1-4-9-16;1-3-2/h1-13,24H,14-15H2,(H,25,26);3H,1-2H3. The number of aromatic amines is 1. The predicted octanol–water partition coefficient (Wildman–Crippen LogP) is 4.86. The third kappa shape index (κ3) is 5.65. The van der Waals surface area contributed by atoms with E-state index in [-0.39, 0.29) is 18.1 Å². The number of benzene rings is 3. The molecule has 4 rings (SSSR count). The van der Waals surface area contributed by atoms with Crippen LogP contribution in [0, 0.1) is 0 Å². The molecular formula is C25H26N2O4. The quantitative estimate of drug-likeness (QED) is 0.399. The Labute approximate surface area is 181 Å². The number of aromatic nitrogens is 1. The highest BCUT2D eigenvalue weighted by atomic mass is 16.5. The summed E-state index contributed by atoms with van der Waals surface area (Å²) in [6, 6.07) is 24.9. The van der Waals surface area contributed by atoms with Crippen molar-refractivity contribution in [2.45, 2.75) is 13.2 Å². The zero-order valence-electron chi connectivity index (χ0n) is 17.6. The van der Waals surface area contributed by atoms with Gasteiger partial charge in [-0.2, -0.15) is 0 Å². The largest absolute Gasteiger partial charge is 0.488 e. The molecule has 4 aromatic rings. The van der Waals surface area contributed by atoms with Crippen LogP contribution < -0.4 is 14.8 Å². The molecule has 1 heterocycles. The maximum atomic E-state index is 11.7. The van der Waals surface area contributed by atoms with Crippen molar-refractivity contribution in [1.29, 1.82) is 0 Å². The first-order chi connectivity index (χ1) is 15.1. The molecule has 6 nitrogen and oxygen atoms in total. The number of H-pyrrole nitrogens is 1. The van der Waals surface area contributed by atoms with Gasteiger partial charge in [0.15, 0.2) is 11.4 Å². The van der Waals surface area contributed by atoms with Crippen molar-refractivity contribution >= 4 is 16.9 Å². The van der Waals surface area contributed by atoms with Gasteiger partial charge in [0.25, 0.3) is 0 Å². The molecule has 0 aliphatic rings. The van der Waals surface area contributed by atoms with Crippen LogP contribution in [0.1, 0.15) is 21.6 Å². The van der Waals surface area contributed by atoms with Crippen molar-refractivity contribution in [1.82, 2.24) is 10.3 Å². The highest BCUT2D eigenvalue weighted by Gasteiger charge is 2.22. The molecule has 3 N–H and O–H groups in total. The van der Waals surface area contributed by atoms with Crippen LogP contribution in [0.2, 0.25) is 0 Å². The normalized spacial score (nSPS) is 10.3. The number of fused-ring (bicyclic) bond motifs is 1. The first-order valence-corrected chi connectivity index (χ1v) is 9.94. The van der Waals surface area contributed by atoms with Crippen LogP contribution >= 0.6 is 0 Å². The average Bonchev–Trinajstić information content (AvgIpc) is 3.18. The lowest BCUT2D eigenvalue weighted by Crippen LogP contribution is -2.03. The Balaban J connectivity index is 0.000000858. The smallest absolute Gasteiger partial charge is 0.356 e. The summed E-state index contributed by atoms with van der Waals surface area (Å²) < 4.78 is 11.9. The van der Waals surface area contributed by atoms with Crippen LogP contribution in [0.15, 0.2) is 78.9 Å². The lowest BCUT2D eigenvalue weighted by atomic mass is 10.2. The van der Waals surface area contributed by atoms with E-state index in [1.165, 1.54) is 0 Å². The van der Waals surface area contributed by atoms with Gasteiger partial charge in [-0.25, -0.2) is 4.79 Å². The topological polar surface area (TPSA) is 83.6 Å². The summed E-state index contributed by atoms with van der Waals surface area (Å²) in [7, 11) is 3.75. The molecule has 31 heavy (non-hydrogen) atoms. The van der Waals surface area contributed by atoms with E-state index in [4.69, 9.17) is 9.47 Å². The lowest BCUT2D eigenvalue weighted by Gasteiger charge is -2.11. The van der Waals surface area contributed by atoms with Crippen molar-refractivity contribution in [2.75, 3.05) is 14.1 Å². The molecule has 0 saturated heterocycles. The van der Waals surface area contributed by atoms with E-state index in [9.17, 15) is 9.90 Å². The molecule has 0 aliphatic carbocycles. The minimum atomic E-state index is -1.08. The van der Waals surface area contributed by atoms with E-state index >= 15 is 0 Å². The molecule has 0 bridgehead atoms. The predicted molar refractivity (Wildman–Crippen MR) is 122 cm³/mol. The molecule has 0 saturated carbocycles. The van der Waals surface area contributed by atoms with Gasteiger partial charge in [0.2, 0.25) is 0 Å². The Morgan fingerprint density at radius 1 is 0.839 bits per heavy atom. The second kappa shape index (κ2) is 10.8. The Morgan fingerprint density at radius 3 is 1.94 bits per heavy atom. The summed E-state index contributed by atoms with van der Waals surface area (Å²) >= 11 is 0. The number of carbonyl (C=O) groups is 1. The maximum Gasteiger partial charge on any atom is 0.356 e. The van der Waals surface area contributed by atoms with Gasteiger partial charge in [0.1, 0.15) is 19.0 Å². The van der Waals surface area contributed by atoms with Crippen molar-refractivity contribution in [3.63, 3.8) is 0 Å². The van der Waals surface area contributed by atoms with Gasteiger partial charge < -0.3 is 24.9 Å². The van der Waals surface area contributed by atoms with Crippen molar-refractivity contribution in [3.05, 3.63) is 95.7 Å². The molecule has 3 aromatic carbocycles. The molecular weight excluding hydrogens is 392 g/mol. The highest BCUT2D eigenvalue weighted by molar-refractivity contribution is 6.02. The van der Waals surface area contributed by atoms with Crippen molar-refractivity contribution in [2.24, 2.45) is 0 Å². The first-order valence-electron chi connectivity index (χ1n) is 9.94. The van der Waals surface area contributed by atoms with Gasteiger partial charge in [0.05, 0.1) is 10.9 Å². The minimum absolute atomic E-state index is 0.0155. The number of hydrogen-bond donors (Lipinski definition) is 3. The molecule has 0 fully saturated rings. The van der Waals surface area contributed by atoms with Crippen molar-refractivity contribution < 1.29 is 19.4 Å². The fourth-order valence-electron chi connectivity index (χ4n) is 3.07. The van der Waals surface area contributed by atoms with Gasteiger partial charge in [-0.3, -0.25) is 0 Å². The number of aromatic carboxylic acids is 1. The van der Waals surface area contributed by atoms with Gasteiger partial charge in [-0.1, -0.05) is 66.7 Å². The Kier molecular flexibility index (Phi) is 7.67. The summed E-state index contributed by atoms with van der Waals surface area (Å²) in [5, 5.41) is 13.0. The number of nitrogens with one attached hydrogen (secondary N) is 2. The fourth-order valence-corrected chi connectivity index (χ4v) is 3.07. The number of ether oxygens (including phenoxy) is 2. The Hall–Kier alpha value is -3.77. The molecule has 0 amide bonds. The van der Waals surface area contributed by atoms with Crippen LogP contribution in [0.4, 0.5) is 0 Å². The van der Waals surface area contributed by atoms with Gasteiger partial charge >= 0.3 is 5.97 Å². The van der Waals surface area contributed by atoms with E-state index in [0.29, 0.717) is 23.3 Å². The monoisotopic (exact) mass is 418 g/mol. The molecule has 0 atom stereocenters. The van der Waals surface area contributed by atoms with E-state index in [2.05, 4.69) is 10.3 Å². The number of hydrogen-bond acceptors (Lipinski definition) is 4. The van der Waals surface area contributed by atoms with Gasteiger partial charge in [-0.15, -0.1) is 0 Å². The van der Waals surface area contributed by atoms with Crippen LogP contribution in [-0.2, 0) is 13.2 Å². The fraction of sp³-hybridized carbons (Fsp3) is 0.160. The van der Waals surface area contributed by atoms with Gasteiger partial charge in [-0.05, 0) is 37.4 Å². The SMILES string of the molecule is CNC.O=C(O)c1[nH]c2cccc(OCc3ccccc3)c2c1OCc1ccccc1. The third-order valence-electron chi connectivity index (χ3n) is 4.42. The molecule has 0 radical (unpaired) electrons. The summed E-state index contributed by atoms with van der Waals surface area (Å²) in [5.41, 5.74) is 2.66. The highest BCUT2D eigenvalue weighted by Crippen LogP contribution is 2.38. The molecule has 1 aromatic heterocycles. The molecule has 0 spiro atoms. The van der Waals surface area contributed by atoms with E-state index in [1.807, 2.05) is 93.0 Å². The van der Waals surface area contributed by atoms with Gasteiger partial charge in [0, 0.05) is 0 Å². The lowest BCUT2D eigenvalue weighted by molar-refractivity contribution is 0.0686. The Bertz CT molecular complexity index is 1110. The maximum absolute atomic E-state index is 11.7. The molecule has 0 unspecified atom stereocenters. The summed E-state index contributed by atoms with van der Waals surface area (Å²) in [5.74, 6) is -0.212. The van der Waals surface area contributed by atoms with Crippen LogP contribution in [-0.4, -0.2) is 30.2 Å². The summed E-state index contributed by atoms with van der Waals surface area (Å²) in [6.45, 7) is 0.646. The second-order valence-electron chi connectivity index (χ2n) is 6.86. The van der Waals surface area contributed by atoms with Crippen LogP contribution in [0.25, 0.3) is 10.9 Å². The minimum Gasteiger partial charge on any atom is -0.488 e. The van der Waals surface area contributed by atoms with E-state index in [1.54, 1.807) is 0 Å². The Morgan fingerprint density at radius 2 is 1.39 bits per heavy atom. The van der Waals surface area contributed by atoms with Crippen LogP contribution in [0.3, 0.4) is 0 Å². The molecule has 160 valence electrons. The zero-order chi connectivity index (χ0) is 22.1. The number of carboxylic acid groups (broad SMARTS) is 1. The summed E-state index contributed by atoms with van der Waals surface area (Å²) in [6.07, 6.45) is 0. The second-order valence-corrected chi connectivity index (χ2v) is 6.86. The number of rotatable bonds is 7. The van der Waals surface area contributed by atoms with E-state index in [0.717, 1.165) is 11.1 Å². The number of carboxylic acids is 1. The summed E-state index contributed by atoms with van der Waals surface area (Å²) in [4.78, 5) is 14.7. The first kappa shape index (κ1) is 21.9. The van der Waals surface area contributed by atoms with Crippen LogP contribution in [0.5, 0.6) is 11.5 Å². The van der Waals surface area contributed by atoms with Crippen molar-refractivity contribution in [3.8, 4) is 11.5 Å². The zero-order valence-corrected chi connectivity index (χ0v) is 17.6. The molecule has 6 heteroatoms. The average molecular weight is 418 g/mol. The third-order valence-corrected chi connectivity index (χ3v) is 4.42. The van der Waals surface area contributed by atoms with E-state index < -0.39 is 5.97 Å². The molecule has 0 aliphatic heterocycles.